The Morgan fingerprint density at radius 1 is 1.00 bits per heavy atom. The van der Waals surface area contributed by atoms with Gasteiger partial charge in [0.15, 0.2) is 5.76 Å². The summed E-state index contributed by atoms with van der Waals surface area (Å²) in [6.45, 7) is 1.61. The fraction of sp³-hybridized carbons (Fsp3) is 0.0870. The molecule has 0 bridgehead atoms. The van der Waals surface area contributed by atoms with Crippen molar-refractivity contribution in [1.29, 1.82) is 0 Å². The number of benzene rings is 3. The third-order valence-corrected chi connectivity index (χ3v) is 5.35. The predicted octanol–water partition coefficient (Wildman–Crippen LogP) is 6.79. The van der Waals surface area contributed by atoms with Crippen molar-refractivity contribution in [3.05, 3.63) is 97.9 Å². The molecule has 1 heterocycles. The number of rotatable bonds is 4. The first-order valence-electron chi connectivity index (χ1n) is 8.84. The summed E-state index contributed by atoms with van der Waals surface area (Å²) in [6.07, 6.45) is 0. The molecule has 4 aromatic rings. The molecule has 0 spiro atoms. The molecule has 4 rings (SSSR count). The molecule has 1 aromatic heterocycles. The van der Waals surface area contributed by atoms with Crippen LogP contribution in [0.25, 0.3) is 22.3 Å². The monoisotopic (exact) mass is 428 g/mol. The lowest BCUT2D eigenvalue weighted by atomic mass is 10.1. The molecule has 0 amide bonds. The molecular formula is C23H15Cl2FO3. The third kappa shape index (κ3) is 3.74. The van der Waals surface area contributed by atoms with Gasteiger partial charge < -0.3 is 9.15 Å². The van der Waals surface area contributed by atoms with Crippen LogP contribution in [0.5, 0.6) is 5.75 Å². The molecule has 3 nitrogen and oxygen atoms in total. The van der Waals surface area contributed by atoms with Gasteiger partial charge in [-0.05, 0) is 36.8 Å². The highest BCUT2D eigenvalue weighted by Gasteiger charge is 2.20. The van der Waals surface area contributed by atoms with E-state index in [9.17, 15) is 9.18 Å². The maximum atomic E-state index is 14.1. The van der Waals surface area contributed by atoms with Crippen molar-refractivity contribution in [2.75, 3.05) is 0 Å². The van der Waals surface area contributed by atoms with Crippen molar-refractivity contribution < 1.29 is 13.5 Å². The van der Waals surface area contributed by atoms with Crippen LogP contribution in [0.3, 0.4) is 0 Å². The van der Waals surface area contributed by atoms with E-state index < -0.39 is 5.82 Å². The van der Waals surface area contributed by atoms with Gasteiger partial charge in [0.25, 0.3) is 0 Å². The van der Waals surface area contributed by atoms with Gasteiger partial charge in [-0.1, -0.05) is 59.6 Å². The molecule has 0 aliphatic heterocycles. The zero-order valence-corrected chi connectivity index (χ0v) is 16.9. The molecule has 0 fully saturated rings. The highest BCUT2D eigenvalue weighted by Crippen LogP contribution is 2.33. The van der Waals surface area contributed by atoms with E-state index in [1.54, 1.807) is 30.3 Å². The van der Waals surface area contributed by atoms with Gasteiger partial charge in [-0.15, -0.1) is 0 Å². The first-order chi connectivity index (χ1) is 14.0. The van der Waals surface area contributed by atoms with Crippen LogP contribution >= 0.6 is 23.2 Å². The first kappa shape index (κ1) is 19.5. The first-order valence-corrected chi connectivity index (χ1v) is 9.59. The summed E-state index contributed by atoms with van der Waals surface area (Å²) >= 11 is 12.3. The van der Waals surface area contributed by atoms with Gasteiger partial charge in [-0.2, -0.15) is 0 Å². The molecule has 6 heteroatoms. The van der Waals surface area contributed by atoms with Crippen LogP contribution < -0.4 is 10.2 Å². The fourth-order valence-electron chi connectivity index (χ4n) is 3.02. The summed E-state index contributed by atoms with van der Waals surface area (Å²) in [5, 5.41) is 0.949. The quantitative estimate of drug-likeness (QED) is 0.359. The summed E-state index contributed by atoms with van der Waals surface area (Å²) in [5.41, 5.74) is 1.61. The van der Waals surface area contributed by atoms with Gasteiger partial charge in [0.05, 0.1) is 10.4 Å². The third-order valence-electron chi connectivity index (χ3n) is 4.59. The minimum atomic E-state index is -0.511. The molecule has 0 aliphatic carbocycles. The predicted molar refractivity (Wildman–Crippen MR) is 113 cm³/mol. The van der Waals surface area contributed by atoms with Crippen LogP contribution in [0.1, 0.15) is 11.1 Å². The highest BCUT2D eigenvalue weighted by atomic mass is 35.5. The van der Waals surface area contributed by atoms with Gasteiger partial charge in [0.2, 0.25) is 11.2 Å². The van der Waals surface area contributed by atoms with Gasteiger partial charge >= 0.3 is 0 Å². The smallest absolute Gasteiger partial charge is 0.235 e. The Labute approximate surface area is 176 Å². The van der Waals surface area contributed by atoms with E-state index in [2.05, 4.69) is 0 Å². The zero-order chi connectivity index (χ0) is 20.5. The van der Waals surface area contributed by atoms with E-state index in [0.29, 0.717) is 16.2 Å². The van der Waals surface area contributed by atoms with Gasteiger partial charge in [-0.25, -0.2) is 4.39 Å². The van der Waals surface area contributed by atoms with Crippen LogP contribution in [-0.2, 0) is 6.61 Å². The van der Waals surface area contributed by atoms with Gasteiger partial charge in [-0.3, -0.25) is 4.79 Å². The number of halogens is 3. The molecule has 0 saturated carbocycles. The second kappa shape index (κ2) is 7.90. The average Bonchev–Trinajstić information content (AvgIpc) is 2.71. The largest absolute Gasteiger partial charge is 0.481 e. The summed E-state index contributed by atoms with van der Waals surface area (Å²) in [4.78, 5) is 13.2. The Bertz CT molecular complexity index is 1250. The Morgan fingerprint density at radius 3 is 2.48 bits per heavy atom. The molecular weight excluding hydrogens is 414 g/mol. The highest BCUT2D eigenvalue weighted by molar-refractivity contribution is 6.32. The lowest BCUT2D eigenvalue weighted by Gasteiger charge is -2.13. The molecule has 29 heavy (non-hydrogen) atoms. The standard InChI is InChI=1S/C23H15Cl2FO3/c1-13-10-20-15(11-18(13)25)21(27)23(22(29-20)14-6-3-2-4-7-14)28-12-16-17(24)8-5-9-19(16)26/h2-11H,12H2,1H3. The van der Waals surface area contributed by atoms with Crippen LogP contribution in [0.2, 0.25) is 10.0 Å². The van der Waals surface area contributed by atoms with E-state index in [-0.39, 0.29) is 39.5 Å². The van der Waals surface area contributed by atoms with E-state index in [1.807, 2.05) is 25.1 Å². The van der Waals surface area contributed by atoms with Gasteiger partial charge in [0.1, 0.15) is 18.0 Å². The maximum absolute atomic E-state index is 14.1. The SMILES string of the molecule is Cc1cc2oc(-c3ccccc3)c(OCc3c(F)cccc3Cl)c(=O)c2cc1Cl. The lowest BCUT2D eigenvalue weighted by molar-refractivity contribution is 0.292. The number of fused-ring (bicyclic) bond motifs is 1. The molecule has 0 aliphatic rings. The van der Waals surface area contributed by atoms with Crippen LogP contribution in [0, 0.1) is 12.7 Å². The molecule has 0 radical (unpaired) electrons. The van der Waals surface area contributed by atoms with E-state index in [4.69, 9.17) is 32.4 Å². The Balaban J connectivity index is 1.90. The Hall–Kier alpha value is -2.82. The Kier molecular flexibility index (Phi) is 5.31. The summed E-state index contributed by atoms with van der Waals surface area (Å²) in [6, 6.07) is 16.7. The summed E-state index contributed by atoms with van der Waals surface area (Å²) in [7, 11) is 0. The normalized spacial score (nSPS) is 11.0. The van der Waals surface area contributed by atoms with Crippen molar-refractivity contribution >= 4 is 34.2 Å². The lowest BCUT2D eigenvalue weighted by Crippen LogP contribution is -2.11. The summed E-state index contributed by atoms with van der Waals surface area (Å²) < 4.78 is 26.0. The van der Waals surface area contributed by atoms with Crippen LogP contribution in [0.4, 0.5) is 4.39 Å². The number of hydrogen-bond acceptors (Lipinski definition) is 3. The molecule has 0 N–H and O–H groups in total. The van der Waals surface area contributed by atoms with Crippen LogP contribution in [-0.4, -0.2) is 0 Å². The van der Waals surface area contributed by atoms with E-state index >= 15 is 0 Å². The van der Waals surface area contributed by atoms with Crippen molar-refractivity contribution in [1.82, 2.24) is 0 Å². The molecule has 0 saturated heterocycles. The number of hydrogen-bond donors (Lipinski definition) is 0. The minimum Gasteiger partial charge on any atom is -0.481 e. The van der Waals surface area contributed by atoms with Crippen molar-refractivity contribution in [3.8, 4) is 17.1 Å². The van der Waals surface area contributed by atoms with Crippen LogP contribution in [0.15, 0.2) is 69.9 Å². The van der Waals surface area contributed by atoms with E-state index in [1.165, 1.54) is 12.1 Å². The zero-order valence-electron chi connectivity index (χ0n) is 15.3. The minimum absolute atomic E-state index is 0.0251. The number of ether oxygens (including phenoxy) is 1. The second-order valence-electron chi connectivity index (χ2n) is 6.54. The fourth-order valence-corrected chi connectivity index (χ4v) is 3.41. The second-order valence-corrected chi connectivity index (χ2v) is 7.36. The topological polar surface area (TPSA) is 39.4 Å². The molecule has 146 valence electrons. The molecule has 3 aromatic carbocycles. The number of aryl methyl sites for hydroxylation is 1. The molecule has 0 atom stereocenters. The van der Waals surface area contributed by atoms with E-state index in [0.717, 1.165) is 5.56 Å². The van der Waals surface area contributed by atoms with Crippen molar-refractivity contribution in [2.24, 2.45) is 0 Å². The Morgan fingerprint density at radius 2 is 1.76 bits per heavy atom. The van der Waals surface area contributed by atoms with Crippen molar-refractivity contribution in [2.45, 2.75) is 13.5 Å². The van der Waals surface area contributed by atoms with Crippen molar-refractivity contribution in [3.63, 3.8) is 0 Å². The van der Waals surface area contributed by atoms with Gasteiger partial charge in [0, 0.05) is 16.1 Å². The average molecular weight is 429 g/mol. The maximum Gasteiger partial charge on any atom is 0.235 e. The summed E-state index contributed by atoms with van der Waals surface area (Å²) in [5.74, 6) is -0.275. The molecule has 0 unspecified atom stereocenters.